The SMILES string of the molecule is S=c1[nH]nc(-c2ccccc2Br)n1-c1ccc(Cl)c(Cl)c1. The van der Waals surface area contributed by atoms with Crippen molar-refractivity contribution < 1.29 is 0 Å². The molecule has 106 valence electrons. The van der Waals surface area contributed by atoms with E-state index in [9.17, 15) is 0 Å². The average Bonchev–Trinajstić information content (AvgIpc) is 2.84. The maximum absolute atomic E-state index is 6.09. The summed E-state index contributed by atoms with van der Waals surface area (Å²) >= 11 is 20.9. The molecule has 0 spiro atoms. The molecule has 3 aromatic rings. The molecule has 1 aromatic heterocycles. The van der Waals surface area contributed by atoms with E-state index in [2.05, 4.69) is 26.1 Å². The zero-order valence-corrected chi connectivity index (χ0v) is 14.4. The van der Waals surface area contributed by atoms with E-state index < -0.39 is 0 Å². The van der Waals surface area contributed by atoms with Crippen molar-refractivity contribution in [2.24, 2.45) is 0 Å². The summed E-state index contributed by atoms with van der Waals surface area (Å²) in [5.74, 6) is 0.700. The summed E-state index contributed by atoms with van der Waals surface area (Å²) in [6, 6.07) is 13.1. The molecule has 2 aromatic carbocycles. The number of aromatic nitrogens is 3. The van der Waals surface area contributed by atoms with Crippen molar-refractivity contribution in [1.29, 1.82) is 0 Å². The molecule has 1 N–H and O–H groups in total. The second-order valence-electron chi connectivity index (χ2n) is 4.27. The Hall–Kier alpha value is -1.14. The van der Waals surface area contributed by atoms with Crippen molar-refractivity contribution in [3.05, 3.63) is 61.8 Å². The molecule has 1 heterocycles. The van der Waals surface area contributed by atoms with E-state index in [4.69, 9.17) is 35.4 Å². The fraction of sp³-hybridized carbons (Fsp3) is 0. The number of H-pyrrole nitrogens is 1. The Morgan fingerprint density at radius 2 is 1.86 bits per heavy atom. The minimum absolute atomic E-state index is 0.468. The molecule has 0 aliphatic rings. The highest BCUT2D eigenvalue weighted by atomic mass is 79.9. The molecule has 0 aliphatic heterocycles. The van der Waals surface area contributed by atoms with Crippen molar-refractivity contribution in [2.45, 2.75) is 0 Å². The third kappa shape index (κ3) is 2.79. The van der Waals surface area contributed by atoms with Gasteiger partial charge in [0, 0.05) is 10.0 Å². The molecule has 0 fully saturated rings. The van der Waals surface area contributed by atoms with E-state index in [1.54, 1.807) is 12.1 Å². The van der Waals surface area contributed by atoms with Crippen LogP contribution in [0.1, 0.15) is 0 Å². The minimum atomic E-state index is 0.468. The van der Waals surface area contributed by atoms with Gasteiger partial charge in [0.15, 0.2) is 10.6 Å². The van der Waals surface area contributed by atoms with Crippen molar-refractivity contribution in [1.82, 2.24) is 14.8 Å². The standard InChI is InChI=1S/C14H8BrCl2N3S/c15-10-4-2-1-3-9(10)13-18-19-14(21)20(13)8-5-6-11(16)12(17)7-8/h1-7H,(H,19,21). The third-order valence-electron chi connectivity index (χ3n) is 2.95. The molecule has 3 rings (SSSR count). The number of halogens is 3. The molecule has 7 heteroatoms. The Balaban J connectivity index is 2.25. The highest BCUT2D eigenvalue weighted by Crippen LogP contribution is 2.30. The van der Waals surface area contributed by atoms with Crippen LogP contribution in [0.15, 0.2) is 46.9 Å². The van der Waals surface area contributed by atoms with Gasteiger partial charge in [0.1, 0.15) is 0 Å². The van der Waals surface area contributed by atoms with Crippen LogP contribution in [0.4, 0.5) is 0 Å². The van der Waals surface area contributed by atoms with E-state index in [0.29, 0.717) is 20.6 Å². The summed E-state index contributed by atoms with van der Waals surface area (Å²) in [5, 5.41) is 8.10. The Morgan fingerprint density at radius 1 is 1.10 bits per heavy atom. The van der Waals surface area contributed by atoms with Crippen molar-refractivity contribution >= 4 is 51.3 Å². The molecule has 0 saturated carbocycles. The summed E-state index contributed by atoms with van der Waals surface area (Å²) in [6.07, 6.45) is 0. The number of benzene rings is 2. The van der Waals surface area contributed by atoms with Gasteiger partial charge >= 0.3 is 0 Å². The van der Waals surface area contributed by atoms with Gasteiger partial charge in [0.25, 0.3) is 0 Å². The lowest BCUT2D eigenvalue weighted by Gasteiger charge is -2.09. The molecular weight excluding hydrogens is 393 g/mol. The van der Waals surface area contributed by atoms with Crippen LogP contribution < -0.4 is 0 Å². The van der Waals surface area contributed by atoms with Crippen molar-refractivity contribution in [3.8, 4) is 17.1 Å². The van der Waals surface area contributed by atoms with E-state index in [-0.39, 0.29) is 0 Å². The smallest absolute Gasteiger partial charge is 0.200 e. The maximum Gasteiger partial charge on any atom is 0.200 e. The highest BCUT2D eigenvalue weighted by molar-refractivity contribution is 9.10. The lowest BCUT2D eigenvalue weighted by molar-refractivity contribution is 1.04. The maximum atomic E-state index is 6.09. The van der Waals surface area contributed by atoms with Gasteiger partial charge in [-0.3, -0.25) is 9.67 Å². The quantitative estimate of drug-likeness (QED) is 0.562. The van der Waals surface area contributed by atoms with Crippen LogP contribution >= 0.6 is 51.3 Å². The summed E-state index contributed by atoms with van der Waals surface area (Å²) in [5.41, 5.74) is 1.73. The summed E-state index contributed by atoms with van der Waals surface area (Å²) < 4.78 is 3.23. The molecule has 0 saturated heterocycles. The highest BCUT2D eigenvalue weighted by Gasteiger charge is 2.13. The monoisotopic (exact) mass is 399 g/mol. The number of hydrogen-bond acceptors (Lipinski definition) is 2. The molecule has 0 radical (unpaired) electrons. The number of rotatable bonds is 2. The van der Waals surface area contributed by atoms with Gasteiger partial charge in [-0.2, -0.15) is 5.10 Å². The van der Waals surface area contributed by atoms with Crippen molar-refractivity contribution in [3.63, 3.8) is 0 Å². The first-order valence-electron chi connectivity index (χ1n) is 5.95. The van der Waals surface area contributed by atoms with Gasteiger partial charge in [0.05, 0.1) is 15.7 Å². The van der Waals surface area contributed by atoms with Gasteiger partial charge < -0.3 is 0 Å². The Morgan fingerprint density at radius 3 is 2.57 bits per heavy atom. The summed E-state index contributed by atoms with van der Waals surface area (Å²) in [4.78, 5) is 0. The third-order valence-corrected chi connectivity index (χ3v) is 4.65. The fourth-order valence-electron chi connectivity index (χ4n) is 1.98. The van der Waals surface area contributed by atoms with Gasteiger partial charge in [-0.1, -0.05) is 57.3 Å². The first-order chi connectivity index (χ1) is 10.1. The first-order valence-corrected chi connectivity index (χ1v) is 7.91. The number of aromatic amines is 1. The normalized spacial score (nSPS) is 10.8. The van der Waals surface area contributed by atoms with E-state index in [0.717, 1.165) is 15.7 Å². The Bertz CT molecular complexity index is 873. The van der Waals surface area contributed by atoms with E-state index in [1.165, 1.54) is 0 Å². The molecule has 0 unspecified atom stereocenters. The molecule has 3 nitrogen and oxygen atoms in total. The fourth-order valence-corrected chi connectivity index (χ4v) is 2.98. The topological polar surface area (TPSA) is 33.6 Å². The number of nitrogens with zero attached hydrogens (tertiary/aromatic N) is 2. The van der Waals surface area contributed by atoms with Crippen LogP contribution in [0.3, 0.4) is 0 Å². The van der Waals surface area contributed by atoms with Gasteiger partial charge in [-0.25, -0.2) is 0 Å². The molecule has 0 atom stereocenters. The lowest BCUT2D eigenvalue weighted by Crippen LogP contribution is -1.98. The zero-order valence-electron chi connectivity index (χ0n) is 10.5. The van der Waals surface area contributed by atoms with Crippen LogP contribution in [-0.4, -0.2) is 14.8 Å². The minimum Gasteiger partial charge on any atom is -0.268 e. The average molecular weight is 401 g/mol. The second kappa shape index (κ2) is 5.93. The molecule has 21 heavy (non-hydrogen) atoms. The zero-order chi connectivity index (χ0) is 15.0. The number of nitrogens with one attached hydrogen (secondary N) is 1. The lowest BCUT2D eigenvalue weighted by atomic mass is 10.2. The van der Waals surface area contributed by atoms with Crippen LogP contribution in [0.5, 0.6) is 0 Å². The van der Waals surface area contributed by atoms with E-state index >= 15 is 0 Å². The first kappa shape index (κ1) is 14.8. The summed E-state index contributed by atoms with van der Waals surface area (Å²) in [7, 11) is 0. The molecule has 0 aliphatic carbocycles. The Kier molecular flexibility index (Phi) is 4.17. The second-order valence-corrected chi connectivity index (χ2v) is 6.32. The van der Waals surface area contributed by atoms with Gasteiger partial charge in [-0.15, -0.1) is 0 Å². The number of hydrogen-bond donors (Lipinski definition) is 1. The predicted molar refractivity (Wildman–Crippen MR) is 91.9 cm³/mol. The Labute approximate surface area is 144 Å². The molecular formula is C14H8BrCl2N3S. The van der Waals surface area contributed by atoms with Crippen molar-refractivity contribution in [2.75, 3.05) is 0 Å². The van der Waals surface area contributed by atoms with Crippen LogP contribution in [0.25, 0.3) is 17.1 Å². The predicted octanol–water partition coefficient (Wildman–Crippen LogP) is 5.67. The van der Waals surface area contributed by atoms with Crippen LogP contribution in [0.2, 0.25) is 10.0 Å². The van der Waals surface area contributed by atoms with E-state index in [1.807, 2.05) is 34.9 Å². The molecule has 0 bridgehead atoms. The molecule has 0 amide bonds. The largest absolute Gasteiger partial charge is 0.268 e. The van der Waals surface area contributed by atoms with Crippen LogP contribution in [0, 0.1) is 4.77 Å². The summed E-state index contributed by atoms with van der Waals surface area (Å²) in [6.45, 7) is 0. The van der Waals surface area contributed by atoms with Gasteiger partial charge in [0.2, 0.25) is 0 Å². The van der Waals surface area contributed by atoms with Gasteiger partial charge in [-0.05, 0) is 36.5 Å². The van der Waals surface area contributed by atoms with Crippen LogP contribution in [-0.2, 0) is 0 Å².